The molecule has 15 saturated carbocycles. The van der Waals surface area contributed by atoms with Gasteiger partial charge >= 0.3 is 29.8 Å². The zero-order valence-electron chi connectivity index (χ0n) is 79.3. The third-order valence-electron chi connectivity index (χ3n) is 36.9. The molecule has 16 heteroatoms. The Kier molecular flexibility index (Phi) is 53.5. The fourth-order valence-corrected chi connectivity index (χ4v) is 24.0. The van der Waals surface area contributed by atoms with Gasteiger partial charge in [0.2, 0.25) is 5.91 Å². The molecule has 15 aliphatic carbocycles. The summed E-state index contributed by atoms with van der Waals surface area (Å²) >= 11 is 0. The molecule has 0 saturated heterocycles. The molecule has 127 heavy (non-hydrogen) atoms. The maximum Gasteiger partial charge on any atom is 0.311 e. The summed E-state index contributed by atoms with van der Waals surface area (Å²) in [5, 5.41) is 23.2. The molecule has 0 radical (unpaired) electrons. The number of carbonyl (C=O) groups excluding carboxylic acids is 6. The lowest BCUT2D eigenvalue weighted by molar-refractivity contribution is -0.258. The Morgan fingerprint density at radius 1 is 0.480 bits per heavy atom. The van der Waals surface area contributed by atoms with Crippen molar-refractivity contribution < 1.29 is 72.4 Å². The van der Waals surface area contributed by atoms with Crippen molar-refractivity contribution in [2.45, 2.75) is 487 Å². The molecule has 0 aromatic heterocycles. The topological polar surface area (TPSA) is 220 Å². The molecule has 15 fully saturated rings. The van der Waals surface area contributed by atoms with Crippen LogP contribution in [0.2, 0.25) is 0 Å². The number of hydrogen-bond donors (Lipinski definition) is 3. The van der Waals surface area contributed by atoms with E-state index in [4.69, 9.17) is 28.9 Å². The lowest BCUT2D eigenvalue weighted by Crippen LogP contribution is -2.67. The van der Waals surface area contributed by atoms with E-state index in [2.05, 4.69) is 125 Å². The monoisotopic (exact) mass is 1810 g/mol. The van der Waals surface area contributed by atoms with E-state index in [-0.39, 0.29) is 206 Å². The first-order valence-electron chi connectivity index (χ1n) is 46.5. The minimum atomic E-state index is -0.787. The molecule has 3 N–H and O–H groups in total. The quantitative estimate of drug-likeness (QED) is 0.0216. The van der Waals surface area contributed by atoms with E-state index in [9.17, 15) is 33.9 Å². The highest BCUT2D eigenvalue weighted by molar-refractivity contribution is 5.82. The number of hydrogen-bond acceptors (Lipinski definition) is 15. The second-order valence-electron chi connectivity index (χ2n) is 45.4. The average Bonchev–Trinajstić information content (AvgIpc) is 1.68. The Morgan fingerprint density at radius 3 is 1.35 bits per heavy atom. The Morgan fingerprint density at radius 2 is 0.945 bits per heavy atom. The van der Waals surface area contributed by atoms with Crippen LogP contribution in [0.3, 0.4) is 0 Å². The summed E-state index contributed by atoms with van der Waals surface area (Å²) in [6.45, 7) is 70.0. The summed E-state index contributed by atoms with van der Waals surface area (Å²) in [5.41, 5.74) is -0.684. The lowest BCUT2D eigenvalue weighted by Gasteiger charge is -2.64. The maximum atomic E-state index is 12.6. The van der Waals surface area contributed by atoms with Gasteiger partial charge in [0, 0.05) is 22.3 Å². The van der Waals surface area contributed by atoms with Crippen molar-refractivity contribution in [1.29, 1.82) is 0 Å². The predicted molar refractivity (Wildman–Crippen MR) is 541 cm³/mol. The van der Waals surface area contributed by atoms with E-state index < -0.39 is 16.4 Å². The van der Waals surface area contributed by atoms with Crippen LogP contribution in [0.1, 0.15) is 451 Å². The van der Waals surface area contributed by atoms with Crippen LogP contribution in [-0.4, -0.2) is 102 Å². The van der Waals surface area contributed by atoms with Gasteiger partial charge in [-0.15, -0.1) is 0 Å². The molecule has 10 bridgehead atoms. The second-order valence-corrected chi connectivity index (χ2v) is 45.4. The third-order valence-corrected chi connectivity index (χ3v) is 36.9. The van der Waals surface area contributed by atoms with Crippen LogP contribution in [-0.2, 0) is 62.1 Å². The fourth-order valence-electron chi connectivity index (χ4n) is 24.0. The molecule has 16 nitrogen and oxygen atoms in total. The van der Waals surface area contributed by atoms with E-state index in [1.807, 2.05) is 111 Å². The highest BCUT2D eigenvalue weighted by Crippen LogP contribution is 2.72. The standard InChI is InChI=1S/C18H30O4.C18H32O4.C16H29NO.C16H28O2.C15H26O2.C10H16.C6H12O2.12CH4/c1-8-16(3,4)15(19)21-14-13(11(2)22-20)12-9-10-18(14,7)17(12,5)6;1-7-16(2,3)15(19)22-9-8-21-14-11-12-10-13(17(12,4)5)18(14,6)20;1-7-15(3,4)14(18)17-13-9-11-8-12(10(13)2)16(11,5)6;1-7-15(5,6)14(17)18-13-9-16(10(2)3)8-12(16)11(13)4;1-6-10(2)13(16)17-12-9-11-7-8-15(12,5)14(11,3)4;1-2-9-7-4-5-8(6-7)10(9)3-1;1-4-5(2)6(7)8-3;;;;;;;;;;;;/h12-14,20H,2,8-10H2,1,3-7H3;12-14,20H,7-11H2,1-6H3;10-13H,7-9H2,1-6H3,(H,17,18);10-13H,7-9H2,1-6H3;10-12H,6-9H2,1-5H3;7-10H,1-6H2;5H,4H2,1-3H3;12*1H4/t;12-,13-,14?,18-;10?,11-,12+,13+;11?,12?,13?,16-;;;;;;;;;;;;;;;/m.000.............../s1. The van der Waals surface area contributed by atoms with Crippen LogP contribution in [0, 0.1) is 160 Å². The van der Waals surface area contributed by atoms with Crippen molar-refractivity contribution in [2.24, 2.45) is 160 Å². The fraction of sp³-hybridized carbons (Fsp3) is 0.928. The van der Waals surface area contributed by atoms with E-state index >= 15 is 0 Å². The Labute approximate surface area is 789 Å². The summed E-state index contributed by atoms with van der Waals surface area (Å²) in [6.07, 6.45) is 27.0. The molecular formula is C111H221NO15. The van der Waals surface area contributed by atoms with Gasteiger partial charge in [-0.25, -0.2) is 5.26 Å². The first-order valence-corrected chi connectivity index (χ1v) is 46.5. The summed E-state index contributed by atoms with van der Waals surface area (Å²) in [5.74, 6) is 11.1. The smallest absolute Gasteiger partial charge is 0.311 e. The van der Waals surface area contributed by atoms with Crippen LogP contribution < -0.4 is 5.32 Å². The van der Waals surface area contributed by atoms with Crippen LogP contribution in [0.5, 0.6) is 0 Å². The molecule has 1 amide bonds. The van der Waals surface area contributed by atoms with Crippen molar-refractivity contribution in [1.82, 2.24) is 5.32 Å². The maximum absolute atomic E-state index is 12.6. The van der Waals surface area contributed by atoms with Gasteiger partial charge in [0.15, 0.2) is 0 Å². The molecule has 25 atom stereocenters. The minimum Gasteiger partial charge on any atom is -0.469 e. The molecule has 0 spiro atoms. The van der Waals surface area contributed by atoms with Gasteiger partial charge in [0.05, 0.1) is 59.4 Å². The van der Waals surface area contributed by atoms with Crippen molar-refractivity contribution in [3.63, 3.8) is 0 Å². The van der Waals surface area contributed by atoms with Gasteiger partial charge in [-0.2, -0.15) is 0 Å². The molecule has 0 aliphatic heterocycles. The Balaban J connectivity index is -0.000000336. The van der Waals surface area contributed by atoms with Gasteiger partial charge in [0.1, 0.15) is 30.7 Å². The lowest BCUT2D eigenvalue weighted by atomic mass is 9.43. The molecule has 18 unspecified atom stereocenters. The van der Waals surface area contributed by atoms with Crippen LogP contribution in [0.4, 0.5) is 0 Å². The molecule has 0 heterocycles. The predicted octanol–water partition coefficient (Wildman–Crippen LogP) is 30.7. The Bertz CT molecular complexity index is 3260. The van der Waals surface area contributed by atoms with Crippen molar-refractivity contribution in [3.05, 3.63) is 12.3 Å². The molecule has 15 aliphatic rings. The van der Waals surface area contributed by atoms with Crippen LogP contribution in [0.15, 0.2) is 12.3 Å². The number of aliphatic hydroxyl groups is 1. The van der Waals surface area contributed by atoms with Gasteiger partial charge in [0.25, 0.3) is 0 Å². The van der Waals surface area contributed by atoms with Crippen LogP contribution >= 0.6 is 0 Å². The Hall–Kier alpha value is -3.76. The summed E-state index contributed by atoms with van der Waals surface area (Å²) in [7, 11) is 1.41. The minimum absolute atomic E-state index is 0. The molecule has 0 aromatic rings. The van der Waals surface area contributed by atoms with Crippen molar-refractivity contribution >= 4 is 35.8 Å². The van der Waals surface area contributed by atoms with Crippen LogP contribution in [0.25, 0.3) is 0 Å². The average molecular weight is 1810 g/mol. The molecule has 15 rings (SSSR count). The van der Waals surface area contributed by atoms with Crippen molar-refractivity contribution in [3.8, 4) is 0 Å². The number of esters is 5. The zero-order chi connectivity index (χ0) is 87.1. The summed E-state index contributed by atoms with van der Waals surface area (Å²) in [4.78, 5) is 75.8. The van der Waals surface area contributed by atoms with E-state index in [0.717, 1.165) is 101 Å². The zero-order valence-corrected chi connectivity index (χ0v) is 79.3. The van der Waals surface area contributed by atoms with Gasteiger partial charge < -0.3 is 43.7 Å². The highest BCUT2D eigenvalue weighted by atomic mass is 17.1. The number of ether oxygens (including phenoxy) is 6. The normalized spacial score (nSPS) is 34.2. The molecule has 0 aromatic carbocycles. The number of fused-ring (bicyclic) bond motifs is 14. The number of methoxy groups -OCH3 is 1. The highest BCUT2D eigenvalue weighted by Gasteiger charge is 2.70. The van der Waals surface area contributed by atoms with E-state index in [1.54, 1.807) is 38.5 Å². The van der Waals surface area contributed by atoms with E-state index in [0.29, 0.717) is 70.2 Å². The number of carbonyl (C=O) groups is 6. The van der Waals surface area contributed by atoms with Gasteiger partial charge in [-0.1, -0.05) is 268 Å². The van der Waals surface area contributed by atoms with Gasteiger partial charge in [-0.05, 0) is 300 Å². The first kappa shape index (κ1) is 134. The molecule has 760 valence electrons. The largest absolute Gasteiger partial charge is 0.469 e. The first-order chi connectivity index (χ1) is 53.0. The second kappa shape index (κ2) is 50.7. The van der Waals surface area contributed by atoms with Gasteiger partial charge in [-0.3, -0.25) is 28.8 Å². The number of rotatable bonds is 23. The molecular weight excluding hydrogens is 1590 g/mol. The SMILES string of the molecule is C.C.C.C.C.C.C.C.C.C.C.C.C1CC2C3CCC(C3)C2C1.C=C(OO)C1C2CCC(C)(C1OC(=O)C(C)(C)CC)C2(C)C.CCC(C)(C)C(=O)N[C@@H]1C[C@@H]2C[C@H](C1C)C2(C)C.CCC(C)(C)C(=O)OC1C[C@]2(C(C)C)CC2C1C.CCC(C)(C)C(=O)OCCOC1C[C@@H]2C[C@@H](C2(C)C)[C@]1(C)O.CCC(C)C(=O)OC.CCC(C)C(=O)OC1CC2CCC1(C)C2(C)C. The van der Waals surface area contributed by atoms with Crippen molar-refractivity contribution in [2.75, 3.05) is 20.3 Å². The summed E-state index contributed by atoms with van der Waals surface area (Å²) in [6, 6.07) is 0.403. The van der Waals surface area contributed by atoms with E-state index in [1.165, 1.54) is 62.9 Å². The number of nitrogens with one attached hydrogen (secondary N) is 1. The third kappa shape index (κ3) is 26.9. The summed E-state index contributed by atoms with van der Waals surface area (Å²) < 4.78 is 33.2. The number of amides is 1.